The summed E-state index contributed by atoms with van der Waals surface area (Å²) >= 11 is 0. The van der Waals surface area contributed by atoms with E-state index in [0.29, 0.717) is 36.9 Å². The van der Waals surface area contributed by atoms with Crippen molar-refractivity contribution in [3.63, 3.8) is 0 Å². The largest absolute Gasteiger partial charge is 0.377 e. The molecule has 2 N–H and O–H groups in total. The third-order valence-electron chi connectivity index (χ3n) is 5.68. The van der Waals surface area contributed by atoms with Crippen molar-refractivity contribution in [1.29, 1.82) is 0 Å². The Morgan fingerprint density at radius 2 is 2.22 bits per heavy atom. The molecule has 1 aliphatic rings. The first-order chi connectivity index (χ1) is 15.6. The van der Waals surface area contributed by atoms with E-state index < -0.39 is 0 Å². The molecule has 1 saturated heterocycles. The minimum atomic E-state index is -0.122. The number of fused-ring (bicyclic) bond motifs is 1. The quantitative estimate of drug-likeness (QED) is 0.493. The van der Waals surface area contributed by atoms with Gasteiger partial charge in [-0.25, -0.2) is 4.98 Å². The summed E-state index contributed by atoms with van der Waals surface area (Å²) in [5.41, 5.74) is 2.41. The molecule has 0 radical (unpaired) electrons. The Bertz CT molecular complexity index is 1260. The van der Waals surface area contributed by atoms with Crippen molar-refractivity contribution in [2.24, 2.45) is 7.05 Å². The standard InChI is InChI=1S/C21H25N9O2/c1-4-18(31)25-20-19-14(15-5-8-23-28(15)3)11-17(29-9-10-32-12-13(29)2)24-21(19)30(27-20)16-6-7-22-26-16/h5-8,11,13H,4,9-10,12H2,1-3H3,(H,22,26)(H,25,27,31). The first-order valence-electron chi connectivity index (χ1n) is 10.6. The molecule has 11 heteroatoms. The van der Waals surface area contributed by atoms with E-state index >= 15 is 0 Å². The molecule has 1 unspecified atom stereocenters. The van der Waals surface area contributed by atoms with Gasteiger partial charge in [-0.3, -0.25) is 14.6 Å². The summed E-state index contributed by atoms with van der Waals surface area (Å²) in [5, 5.41) is 19.7. The van der Waals surface area contributed by atoms with Crippen molar-refractivity contribution in [2.45, 2.75) is 26.3 Å². The molecule has 0 spiro atoms. The van der Waals surface area contributed by atoms with Gasteiger partial charge >= 0.3 is 0 Å². The molecule has 5 rings (SSSR count). The van der Waals surface area contributed by atoms with E-state index in [-0.39, 0.29) is 11.9 Å². The highest BCUT2D eigenvalue weighted by Crippen LogP contribution is 2.37. The van der Waals surface area contributed by atoms with Crippen molar-refractivity contribution in [3.05, 3.63) is 30.6 Å². The number of aryl methyl sites for hydroxylation is 1. The van der Waals surface area contributed by atoms with Crippen LogP contribution in [0.15, 0.2) is 30.6 Å². The molecule has 0 aromatic carbocycles. The maximum absolute atomic E-state index is 12.3. The zero-order valence-corrected chi connectivity index (χ0v) is 18.2. The number of carbonyl (C=O) groups excluding carboxylic acids is 1. The number of morpholine rings is 1. The third kappa shape index (κ3) is 3.40. The van der Waals surface area contributed by atoms with Crippen LogP contribution in [0.25, 0.3) is 28.1 Å². The number of pyridine rings is 1. The summed E-state index contributed by atoms with van der Waals surface area (Å²) in [6.45, 7) is 5.94. The first kappa shape index (κ1) is 20.2. The molecule has 1 aliphatic heterocycles. The van der Waals surface area contributed by atoms with Crippen molar-refractivity contribution >= 4 is 28.6 Å². The minimum absolute atomic E-state index is 0.122. The number of nitrogens with zero attached hydrogens (tertiary/aromatic N) is 7. The predicted molar refractivity (Wildman–Crippen MR) is 120 cm³/mol. The van der Waals surface area contributed by atoms with E-state index in [9.17, 15) is 4.79 Å². The van der Waals surface area contributed by atoms with Crippen LogP contribution in [-0.2, 0) is 16.6 Å². The van der Waals surface area contributed by atoms with E-state index in [1.165, 1.54) is 0 Å². The fourth-order valence-electron chi connectivity index (χ4n) is 4.00. The van der Waals surface area contributed by atoms with Gasteiger partial charge in [0.05, 0.1) is 36.5 Å². The van der Waals surface area contributed by atoms with Crippen LogP contribution in [0.1, 0.15) is 20.3 Å². The Kier molecular flexibility index (Phi) is 5.10. The van der Waals surface area contributed by atoms with Gasteiger partial charge in [0.25, 0.3) is 0 Å². The van der Waals surface area contributed by atoms with Gasteiger partial charge < -0.3 is 15.0 Å². The summed E-state index contributed by atoms with van der Waals surface area (Å²) in [7, 11) is 1.89. The van der Waals surface area contributed by atoms with Gasteiger partial charge in [-0.1, -0.05) is 6.92 Å². The number of H-pyrrole nitrogens is 1. The van der Waals surface area contributed by atoms with E-state index in [4.69, 9.17) is 14.8 Å². The molecule has 32 heavy (non-hydrogen) atoms. The topological polar surface area (TPSA) is 119 Å². The van der Waals surface area contributed by atoms with Gasteiger partial charge in [0.15, 0.2) is 17.3 Å². The molecule has 4 aromatic rings. The number of hydrogen-bond acceptors (Lipinski definition) is 7. The molecule has 1 fully saturated rings. The summed E-state index contributed by atoms with van der Waals surface area (Å²) in [6.07, 6.45) is 3.75. The lowest BCUT2D eigenvalue weighted by molar-refractivity contribution is -0.115. The zero-order chi connectivity index (χ0) is 22.2. The van der Waals surface area contributed by atoms with E-state index in [0.717, 1.165) is 29.0 Å². The number of ether oxygens (including phenoxy) is 1. The molecule has 1 atom stereocenters. The number of rotatable bonds is 5. The average molecular weight is 435 g/mol. The second-order valence-corrected chi connectivity index (χ2v) is 7.79. The van der Waals surface area contributed by atoms with Crippen LogP contribution in [0, 0.1) is 0 Å². The third-order valence-corrected chi connectivity index (χ3v) is 5.68. The zero-order valence-electron chi connectivity index (χ0n) is 18.2. The van der Waals surface area contributed by atoms with Crippen LogP contribution in [-0.4, -0.2) is 66.4 Å². The smallest absolute Gasteiger partial charge is 0.225 e. The van der Waals surface area contributed by atoms with Gasteiger partial charge in [-0.15, -0.1) is 5.10 Å². The van der Waals surface area contributed by atoms with Crippen LogP contribution >= 0.6 is 0 Å². The molecule has 11 nitrogen and oxygen atoms in total. The second-order valence-electron chi connectivity index (χ2n) is 7.79. The Balaban J connectivity index is 1.81. The number of aromatic amines is 1. The minimum Gasteiger partial charge on any atom is -0.377 e. The highest BCUT2D eigenvalue weighted by atomic mass is 16.5. The highest BCUT2D eigenvalue weighted by Gasteiger charge is 2.26. The Labute approximate surface area is 184 Å². The van der Waals surface area contributed by atoms with E-state index in [2.05, 4.69) is 32.4 Å². The van der Waals surface area contributed by atoms with E-state index in [1.54, 1.807) is 21.8 Å². The number of carbonyl (C=O) groups is 1. The molecule has 0 saturated carbocycles. The highest BCUT2D eigenvalue weighted by molar-refractivity contribution is 6.06. The second kappa shape index (κ2) is 8.08. The molecule has 166 valence electrons. The summed E-state index contributed by atoms with van der Waals surface area (Å²) in [5.74, 6) is 1.80. The summed E-state index contributed by atoms with van der Waals surface area (Å²) < 4.78 is 9.11. The lowest BCUT2D eigenvalue weighted by atomic mass is 10.1. The number of hydrogen-bond donors (Lipinski definition) is 2. The van der Waals surface area contributed by atoms with Gasteiger partial charge in [0.1, 0.15) is 5.82 Å². The molecule has 5 heterocycles. The maximum Gasteiger partial charge on any atom is 0.225 e. The molecule has 0 aliphatic carbocycles. The Morgan fingerprint density at radius 1 is 1.34 bits per heavy atom. The van der Waals surface area contributed by atoms with Gasteiger partial charge in [0, 0.05) is 37.8 Å². The van der Waals surface area contributed by atoms with Crippen LogP contribution in [0.3, 0.4) is 0 Å². The number of anilines is 2. The van der Waals surface area contributed by atoms with Gasteiger partial charge in [-0.2, -0.15) is 14.9 Å². The summed E-state index contributed by atoms with van der Waals surface area (Å²) in [6, 6.07) is 5.98. The van der Waals surface area contributed by atoms with Crippen molar-refractivity contribution in [1.82, 2.24) is 34.7 Å². The lowest BCUT2D eigenvalue weighted by Gasteiger charge is -2.34. The van der Waals surface area contributed by atoms with Crippen LogP contribution in [0.4, 0.5) is 11.6 Å². The molecule has 4 aromatic heterocycles. The normalized spacial score (nSPS) is 16.6. The molecule has 1 amide bonds. The number of amides is 1. The molecule has 0 bridgehead atoms. The SMILES string of the molecule is CCC(=O)Nc1nn(-c2ccn[nH]2)c2nc(N3CCOCC3C)cc(-c3ccnn3C)c12. The maximum atomic E-state index is 12.3. The fraction of sp³-hybridized carbons (Fsp3) is 0.381. The van der Waals surface area contributed by atoms with Crippen LogP contribution in [0.2, 0.25) is 0 Å². The Morgan fingerprint density at radius 3 is 2.91 bits per heavy atom. The van der Waals surface area contributed by atoms with Crippen molar-refractivity contribution in [2.75, 3.05) is 30.0 Å². The van der Waals surface area contributed by atoms with Crippen molar-refractivity contribution < 1.29 is 9.53 Å². The van der Waals surface area contributed by atoms with Gasteiger partial charge in [-0.05, 0) is 19.1 Å². The van der Waals surface area contributed by atoms with E-state index in [1.807, 2.05) is 32.2 Å². The van der Waals surface area contributed by atoms with Gasteiger partial charge in [0.2, 0.25) is 5.91 Å². The predicted octanol–water partition coefficient (Wildman–Crippen LogP) is 2.12. The fourth-order valence-corrected chi connectivity index (χ4v) is 4.00. The molecular weight excluding hydrogens is 410 g/mol. The van der Waals surface area contributed by atoms with Crippen LogP contribution < -0.4 is 10.2 Å². The summed E-state index contributed by atoms with van der Waals surface area (Å²) in [4.78, 5) is 19.5. The Hall–Kier alpha value is -3.73. The van der Waals surface area contributed by atoms with Crippen molar-refractivity contribution in [3.8, 4) is 17.1 Å². The number of aromatic nitrogens is 7. The monoisotopic (exact) mass is 435 g/mol. The van der Waals surface area contributed by atoms with Crippen LogP contribution in [0.5, 0.6) is 0 Å². The lowest BCUT2D eigenvalue weighted by Crippen LogP contribution is -2.44. The average Bonchev–Trinajstić information content (AvgIpc) is 3.54. The molecular formula is C21H25N9O2. The number of nitrogens with one attached hydrogen (secondary N) is 2. The first-order valence-corrected chi connectivity index (χ1v) is 10.6.